The maximum Gasteiger partial charge on any atom is 0.230 e. The quantitative estimate of drug-likeness (QED) is 0.620. The van der Waals surface area contributed by atoms with Crippen LogP contribution in [0, 0.1) is 13.8 Å². The second-order valence-corrected chi connectivity index (χ2v) is 6.11. The largest absolute Gasteiger partial charge is 0.424 e. The first kappa shape index (κ1) is 15.2. The Balaban J connectivity index is 1.61. The fourth-order valence-electron chi connectivity index (χ4n) is 2.55. The van der Waals surface area contributed by atoms with Gasteiger partial charge in [-0.05, 0) is 13.2 Å². The minimum atomic E-state index is 0.620. The summed E-state index contributed by atoms with van der Waals surface area (Å²) in [5, 5.41) is 8.75. The van der Waals surface area contributed by atoms with Crippen LogP contribution in [0.15, 0.2) is 15.8 Å². The fraction of sp³-hybridized carbons (Fsp3) is 0.571. The van der Waals surface area contributed by atoms with E-state index in [0.29, 0.717) is 18.3 Å². The lowest BCUT2D eigenvalue weighted by atomic mass is 10.2. The number of aryl methyl sites for hydroxylation is 2. The molecule has 0 N–H and O–H groups in total. The molecule has 118 valence electrons. The molecule has 0 amide bonds. The number of rotatable bonds is 4. The van der Waals surface area contributed by atoms with E-state index in [1.165, 1.54) is 0 Å². The van der Waals surface area contributed by atoms with E-state index in [9.17, 15) is 0 Å². The molecule has 8 heteroatoms. The molecule has 1 fully saturated rings. The lowest BCUT2D eigenvalue weighted by Crippen LogP contribution is -2.46. The Labute approximate surface area is 134 Å². The SMILES string of the molecule is CSc1ncc(C)c(N2CCN(Cc3nnc(C)o3)CC2)n1. The molecule has 0 bridgehead atoms. The van der Waals surface area contributed by atoms with E-state index in [2.05, 4.69) is 36.9 Å². The van der Waals surface area contributed by atoms with Gasteiger partial charge in [-0.25, -0.2) is 9.97 Å². The smallest absolute Gasteiger partial charge is 0.230 e. The number of thioether (sulfide) groups is 1. The van der Waals surface area contributed by atoms with Crippen molar-refractivity contribution in [2.75, 3.05) is 37.3 Å². The average Bonchev–Trinajstić information content (AvgIpc) is 2.94. The zero-order valence-electron chi connectivity index (χ0n) is 13.1. The highest BCUT2D eigenvalue weighted by molar-refractivity contribution is 7.98. The minimum Gasteiger partial charge on any atom is -0.424 e. The van der Waals surface area contributed by atoms with Crippen molar-refractivity contribution in [1.82, 2.24) is 25.1 Å². The van der Waals surface area contributed by atoms with Crippen LogP contribution in [0.4, 0.5) is 5.82 Å². The van der Waals surface area contributed by atoms with Gasteiger partial charge in [0.25, 0.3) is 0 Å². The second kappa shape index (κ2) is 6.62. The Morgan fingerprint density at radius 1 is 1.18 bits per heavy atom. The molecule has 22 heavy (non-hydrogen) atoms. The monoisotopic (exact) mass is 320 g/mol. The summed E-state index contributed by atoms with van der Waals surface area (Å²) in [6.45, 7) is 8.40. The number of nitrogens with zero attached hydrogens (tertiary/aromatic N) is 6. The summed E-state index contributed by atoms with van der Waals surface area (Å²) in [6, 6.07) is 0. The molecule has 3 heterocycles. The van der Waals surface area contributed by atoms with Crippen LogP contribution >= 0.6 is 11.8 Å². The highest BCUT2D eigenvalue weighted by atomic mass is 32.2. The molecule has 3 rings (SSSR count). The van der Waals surface area contributed by atoms with Gasteiger partial charge in [0.1, 0.15) is 5.82 Å². The first-order valence-corrected chi connectivity index (χ1v) is 8.52. The highest BCUT2D eigenvalue weighted by Gasteiger charge is 2.21. The van der Waals surface area contributed by atoms with Crippen LogP contribution in [0.3, 0.4) is 0 Å². The standard InChI is InChI=1S/C14H20N6OS/c1-10-8-15-14(22-3)16-13(10)20-6-4-19(5-7-20)9-12-18-17-11(2)21-12/h8H,4-7,9H2,1-3H3. The molecule has 0 spiro atoms. The van der Waals surface area contributed by atoms with E-state index in [1.807, 2.05) is 19.4 Å². The Morgan fingerprint density at radius 3 is 2.59 bits per heavy atom. The molecule has 2 aromatic heterocycles. The molecular formula is C14H20N6OS. The molecule has 1 saturated heterocycles. The molecule has 0 aliphatic carbocycles. The molecule has 0 atom stereocenters. The maximum atomic E-state index is 5.45. The summed E-state index contributed by atoms with van der Waals surface area (Å²) in [4.78, 5) is 13.6. The predicted molar refractivity (Wildman–Crippen MR) is 85.1 cm³/mol. The van der Waals surface area contributed by atoms with Crippen molar-refractivity contribution in [2.24, 2.45) is 0 Å². The van der Waals surface area contributed by atoms with Crippen molar-refractivity contribution in [3.05, 3.63) is 23.5 Å². The third-order valence-electron chi connectivity index (χ3n) is 3.70. The van der Waals surface area contributed by atoms with Gasteiger partial charge in [0.05, 0.1) is 6.54 Å². The topological polar surface area (TPSA) is 71.2 Å². The summed E-state index contributed by atoms with van der Waals surface area (Å²) >= 11 is 1.57. The normalized spacial score (nSPS) is 16.2. The van der Waals surface area contributed by atoms with Crippen LogP contribution in [0.25, 0.3) is 0 Å². The zero-order chi connectivity index (χ0) is 15.5. The van der Waals surface area contributed by atoms with Crippen molar-refractivity contribution in [3.63, 3.8) is 0 Å². The van der Waals surface area contributed by atoms with Crippen LogP contribution < -0.4 is 4.90 Å². The van der Waals surface area contributed by atoms with E-state index in [-0.39, 0.29) is 0 Å². The van der Waals surface area contributed by atoms with Gasteiger partial charge in [0, 0.05) is 44.9 Å². The zero-order valence-corrected chi connectivity index (χ0v) is 13.9. The Hall–Kier alpha value is -1.67. The summed E-state index contributed by atoms with van der Waals surface area (Å²) in [6.07, 6.45) is 3.90. The molecule has 0 aromatic carbocycles. The summed E-state index contributed by atoms with van der Waals surface area (Å²) in [7, 11) is 0. The lowest BCUT2D eigenvalue weighted by Gasteiger charge is -2.35. The maximum absolute atomic E-state index is 5.45. The van der Waals surface area contributed by atoms with Gasteiger partial charge in [-0.2, -0.15) is 0 Å². The molecule has 0 radical (unpaired) electrons. The van der Waals surface area contributed by atoms with Crippen molar-refractivity contribution < 1.29 is 4.42 Å². The molecule has 0 unspecified atom stereocenters. The van der Waals surface area contributed by atoms with Crippen LogP contribution in [0.5, 0.6) is 0 Å². The minimum absolute atomic E-state index is 0.620. The highest BCUT2D eigenvalue weighted by Crippen LogP contribution is 2.21. The van der Waals surface area contributed by atoms with Gasteiger partial charge in [-0.15, -0.1) is 10.2 Å². The van der Waals surface area contributed by atoms with E-state index in [4.69, 9.17) is 4.42 Å². The van der Waals surface area contributed by atoms with Crippen molar-refractivity contribution in [1.29, 1.82) is 0 Å². The van der Waals surface area contributed by atoms with Crippen LogP contribution in [-0.2, 0) is 6.54 Å². The summed E-state index contributed by atoms with van der Waals surface area (Å²) in [5.41, 5.74) is 1.12. The van der Waals surface area contributed by atoms with Crippen molar-refractivity contribution in [3.8, 4) is 0 Å². The van der Waals surface area contributed by atoms with Gasteiger partial charge in [-0.1, -0.05) is 11.8 Å². The van der Waals surface area contributed by atoms with Crippen LogP contribution in [-0.4, -0.2) is 57.5 Å². The Kier molecular flexibility index (Phi) is 4.58. The third-order valence-corrected chi connectivity index (χ3v) is 4.27. The molecular weight excluding hydrogens is 300 g/mol. The molecule has 1 aliphatic heterocycles. The third kappa shape index (κ3) is 3.38. The number of anilines is 1. The number of piperazine rings is 1. The second-order valence-electron chi connectivity index (χ2n) is 5.34. The van der Waals surface area contributed by atoms with Gasteiger partial charge in [0.2, 0.25) is 11.8 Å². The average molecular weight is 320 g/mol. The molecule has 7 nitrogen and oxygen atoms in total. The Morgan fingerprint density at radius 2 is 1.95 bits per heavy atom. The van der Waals surface area contributed by atoms with Crippen LogP contribution in [0.2, 0.25) is 0 Å². The number of hydrogen-bond donors (Lipinski definition) is 0. The summed E-state index contributed by atoms with van der Waals surface area (Å²) in [5.74, 6) is 2.36. The lowest BCUT2D eigenvalue weighted by molar-refractivity contribution is 0.224. The fourth-order valence-corrected chi connectivity index (χ4v) is 2.88. The number of hydrogen-bond acceptors (Lipinski definition) is 8. The Bertz CT molecular complexity index is 638. The first-order valence-electron chi connectivity index (χ1n) is 7.29. The van der Waals surface area contributed by atoms with Crippen LogP contribution in [0.1, 0.15) is 17.3 Å². The van der Waals surface area contributed by atoms with Crippen molar-refractivity contribution >= 4 is 17.6 Å². The van der Waals surface area contributed by atoms with Crippen molar-refractivity contribution in [2.45, 2.75) is 25.5 Å². The van der Waals surface area contributed by atoms with E-state index in [0.717, 1.165) is 42.7 Å². The first-order chi connectivity index (χ1) is 10.7. The van der Waals surface area contributed by atoms with E-state index < -0.39 is 0 Å². The van der Waals surface area contributed by atoms with Gasteiger partial charge in [-0.3, -0.25) is 4.90 Å². The molecule has 2 aromatic rings. The van der Waals surface area contributed by atoms with Gasteiger partial charge in [0.15, 0.2) is 5.16 Å². The predicted octanol–water partition coefficient (Wildman–Crippen LogP) is 1.52. The number of aromatic nitrogens is 4. The van der Waals surface area contributed by atoms with Gasteiger partial charge < -0.3 is 9.32 Å². The molecule has 0 saturated carbocycles. The summed E-state index contributed by atoms with van der Waals surface area (Å²) < 4.78 is 5.45. The van der Waals surface area contributed by atoms with E-state index in [1.54, 1.807) is 11.8 Å². The van der Waals surface area contributed by atoms with E-state index >= 15 is 0 Å². The molecule has 1 aliphatic rings. The van der Waals surface area contributed by atoms with Gasteiger partial charge >= 0.3 is 0 Å².